The van der Waals surface area contributed by atoms with E-state index < -0.39 is 11.2 Å². The van der Waals surface area contributed by atoms with Gasteiger partial charge in [0.2, 0.25) is 0 Å². The molecule has 170 valence electrons. The number of carbonyl (C=O) groups excluding carboxylic acids is 1. The topological polar surface area (TPSA) is 88.1 Å². The minimum Gasteiger partial charge on any atom is -0.425 e. The van der Waals surface area contributed by atoms with E-state index in [1.54, 1.807) is 41.9 Å². The first kappa shape index (κ1) is 22.5. The number of hydrogen-bond acceptors (Lipinski definition) is 5. The summed E-state index contributed by atoms with van der Waals surface area (Å²) in [5, 5.41) is 0.533. The summed E-state index contributed by atoms with van der Waals surface area (Å²) in [7, 11) is 2.97. The van der Waals surface area contributed by atoms with Gasteiger partial charge < -0.3 is 4.74 Å². The molecule has 2 heterocycles. The third-order valence-corrected chi connectivity index (χ3v) is 5.83. The molecule has 2 aromatic carbocycles. The first-order valence-electron chi connectivity index (χ1n) is 10.5. The van der Waals surface area contributed by atoms with Crippen LogP contribution in [0, 0.1) is 0 Å². The van der Waals surface area contributed by atoms with Crippen LogP contribution < -0.4 is 16.0 Å². The number of aromatic nitrogens is 4. The molecule has 0 saturated heterocycles. The molecule has 0 atom stereocenters. The molecule has 8 nitrogen and oxygen atoms in total. The highest BCUT2D eigenvalue weighted by Crippen LogP contribution is 2.27. The summed E-state index contributed by atoms with van der Waals surface area (Å²) in [4.78, 5) is 42.0. The van der Waals surface area contributed by atoms with Crippen molar-refractivity contribution in [2.75, 3.05) is 0 Å². The maximum absolute atomic E-state index is 13.0. The number of nitrogens with zero attached hydrogens (tertiary/aromatic N) is 4. The number of halogens is 1. The molecule has 0 amide bonds. The molecule has 0 N–H and O–H groups in total. The Morgan fingerprint density at radius 3 is 2.39 bits per heavy atom. The summed E-state index contributed by atoms with van der Waals surface area (Å²) in [5.74, 6) is 0.508. The van der Waals surface area contributed by atoms with Gasteiger partial charge in [0.25, 0.3) is 5.56 Å². The van der Waals surface area contributed by atoms with Crippen molar-refractivity contribution in [3.8, 4) is 11.8 Å². The fraction of sp³-hybridized carbons (Fsp3) is 0.250. The molecule has 0 aliphatic carbocycles. The summed E-state index contributed by atoms with van der Waals surface area (Å²) in [6, 6.07) is 14.2. The van der Waals surface area contributed by atoms with E-state index in [0.717, 1.165) is 16.6 Å². The van der Waals surface area contributed by atoms with Crippen molar-refractivity contribution in [2.45, 2.75) is 26.3 Å². The zero-order valence-electron chi connectivity index (χ0n) is 18.5. The number of aryl methyl sites for hydroxylation is 1. The quantitative estimate of drug-likeness (QED) is 0.385. The van der Waals surface area contributed by atoms with Gasteiger partial charge in [-0.05, 0) is 42.3 Å². The molecule has 0 fully saturated rings. The first-order chi connectivity index (χ1) is 15.8. The minimum absolute atomic E-state index is 0.0634. The molecule has 4 rings (SSSR count). The van der Waals surface area contributed by atoms with Gasteiger partial charge >= 0.3 is 11.7 Å². The maximum Gasteiger partial charge on any atom is 0.332 e. The molecule has 0 bridgehead atoms. The van der Waals surface area contributed by atoms with Crippen LogP contribution in [0.4, 0.5) is 0 Å². The van der Waals surface area contributed by atoms with E-state index in [9.17, 15) is 14.4 Å². The predicted octanol–water partition coefficient (Wildman–Crippen LogP) is 3.91. The van der Waals surface area contributed by atoms with Gasteiger partial charge in [0.1, 0.15) is 5.75 Å². The fourth-order valence-corrected chi connectivity index (χ4v) is 3.83. The van der Waals surface area contributed by atoms with Crippen LogP contribution in [0.1, 0.15) is 35.7 Å². The summed E-state index contributed by atoms with van der Waals surface area (Å²) in [5.41, 5.74) is 0.831. The highest BCUT2D eigenvalue weighted by atomic mass is 35.5. The molecule has 0 unspecified atom stereocenters. The Kier molecular flexibility index (Phi) is 6.20. The van der Waals surface area contributed by atoms with Crippen LogP contribution in [0.2, 0.25) is 5.02 Å². The van der Waals surface area contributed by atoms with E-state index in [1.807, 2.05) is 25.1 Å². The standard InChI is InChI=1S/C24H23ClN4O4/c1-4-7-19(30)15-10-12-17(13-11-15)33-23-26-21-20(22(31)28(3)24(32)27(21)2)29(23)14-16-8-5-6-9-18(16)25/h5-6,8-13H,4,7,14H2,1-3H3. The first-order valence-corrected chi connectivity index (χ1v) is 10.9. The second kappa shape index (κ2) is 9.07. The number of ketones is 1. The number of carbonyl (C=O) groups is 1. The monoisotopic (exact) mass is 466 g/mol. The fourth-order valence-electron chi connectivity index (χ4n) is 3.63. The van der Waals surface area contributed by atoms with Crippen molar-refractivity contribution in [3.63, 3.8) is 0 Å². The van der Waals surface area contributed by atoms with Crippen LogP contribution in [0.5, 0.6) is 11.8 Å². The van der Waals surface area contributed by atoms with Crippen LogP contribution in [-0.4, -0.2) is 24.5 Å². The van der Waals surface area contributed by atoms with E-state index in [0.29, 0.717) is 22.8 Å². The Balaban J connectivity index is 1.83. The van der Waals surface area contributed by atoms with Crippen molar-refractivity contribution < 1.29 is 9.53 Å². The number of fused-ring (bicyclic) bond motifs is 1. The number of imidazole rings is 1. The third-order valence-electron chi connectivity index (χ3n) is 5.46. The molecule has 0 saturated carbocycles. The van der Waals surface area contributed by atoms with Gasteiger partial charge in [-0.2, -0.15) is 4.98 Å². The third kappa shape index (κ3) is 4.21. The van der Waals surface area contributed by atoms with Gasteiger partial charge in [-0.15, -0.1) is 0 Å². The molecule has 2 aromatic heterocycles. The van der Waals surface area contributed by atoms with Crippen molar-refractivity contribution in [3.05, 3.63) is 85.5 Å². The number of benzene rings is 2. The second-order valence-corrected chi connectivity index (χ2v) is 8.16. The van der Waals surface area contributed by atoms with Crippen molar-refractivity contribution >= 4 is 28.5 Å². The van der Waals surface area contributed by atoms with E-state index >= 15 is 0 Å². The van der Waals surface area contributed by atoms with Gasteiger partial charge in [0.15, 0.2) is 16.9 Å². The van der Waals surface area contributed by atoms with E-state index in [2.05, 4.69) is 4.98 Å². The van der Waals surface area contributed by atoms with Gasteiger partial charge in [-0.1, -0.05) is 36.7 Å². The Labute approximate surface area is 194 Å². The van der Waals surface area contributed by atoms with E-state index in [4.69, 9.17) is 16.3 Å². The average Bonchev–Trinajstić information content (AvgIpc) is 3.16. The zero-order valence-corrected chi connectivity index (χ0v) is 19.3. The Morgan fingerprint density at radius 2 is 1.73 bits per heavy atom. The maximum atomic E-state index is 13.0. The lowest BCUT2D eigenvalue weighted by molar-refractivity contribution is 0.0981. The number of rotatable bonds is 7. The molecule has 0 spiro atoms. The SMILES string of the molecule is CCCC(=O)c1ccc(Oc2nc3c(c(=O)n(C)c(=O)n3C)n2Cc2ccccc2Cl)cc1. The van der Waals surface area contributed by atoms with Crippen LogP contribution in [0.25, 0.3) is 11.2 Å². The smallest absolute Gasteiger partial charge is 0.332 e. The molecule has 0 radical (unpaired) electrons. The minimum atomic E-state index is -0.486. The van der Waals surface area contributed by atoms with Crippen molar-refractivity contribution in [2.24, 2.45) is 14.1 Å². The van der Waals surface area contributed by atoms with Gasteiger partial charge in [-0.3, -0.25) is 23.3 Å². The van der Waals surface area contributed by atoms with Crippen LogP contribution in [0.15, 0.2) is 58.1 Å². The Hall–Kier alpha value is -3.65. The zero-order chi connectivity index (χ0) is 23.7. The van der Waals surface area contributed by atoms with E-state index in [1.165, 1.54) is 11.6 Å². The Morgan fingerprint density at radius 1 is 1.03 bits per heavy atom. The summed E-state index contributed by atoms with van der Waals surface area (Å²) in [6.45, 7) is 2.17. The van der Waals surface area contributed by atoms with Crippen LogP contribution in [-0.2, 0) is 20.6 Å². The van der Waals surface area contributed by atoms with Crippen LogP contribution in [0.3, 0.4) is 0 Å². The lowest BCUT2D eigenvalue weighted by Crippen LogP contribution is -2.37. The van der Waals surface area contributed by atoms with Crippen LogP contribution >= 0.6 is 11.6 Å². The van der Waals surface area contributed by atoms with E-state index in [-0.39, 0.29) is 29.5 Å². The number of ether oxygens (including phenoxy) is 1. The molecule has 4 aromatic rings. The summed E-state index contributed by atoms with van der Waals surface area (Å²) >= 11 is 6.36. The predicted molar refractivity (Wildman–Crippen MR) is 127 cm³/mol. The second-order valence-electron chi connectivity index (χ2n) is 7.75. The average molecular weight is 467 g/mol. The number of Topliss-reactive ketones (excluding diaryl/α,β-unsaturated/α-hetero) is 1. The van der Waals surface area contributed by atoms with Gasteiger partial charge in [0, 0.05) is 31.1 Å². The van der Waals surface area contributed by atoms with Crippen molar-refractivity contribution in [1.82, 2.24) is 18.7 Å². The summed E-state index contributed by atoms with van der Waals surface area (Å²) < 4.78 is 9.97. The molecular formula is C24H23ClN4O4. The molecule has 0 aliphatic heterocycles. The van der Waals surface area contributed by atoms with Crippen molar-refractivity contribution in [1.29, 1.82) is 0 Å². The highest BCUT2D eigenvalue weighted by molar-refractivity contribution is 6.31. The molecule has 33 heavy (non-hydrogen) atoms. The number of hydrogen-bond donors (Lipinski definition) is 0. The normalized spacial score (nSPS) is 11.2. The Bertz CT molecular complexity index is 1470. The lowest BCUT2D eigenvalue weighted by Gasteiger charge is -2.11. The largest absolute Gasteiger partial charge is 0.425 e. The molecule has 9 heteroatoms. The lowest BCUT2D eigenvalue weighted by atomic mass is 10.1. The summed E-state index contributed by atoms with van der Waals surface area (Å²) in [6.07, 6.45) is 1.25. The highest BCUT2D eigenvalue weighted by Gasteiger charge is 2.21. The van der Waals surface area contributed by atoms with Gasteiger partial charge in [0.05, 0.1) is 6.54 Å². The molecular weight excluding hydrogens is 444 g/mol. The molecule has 0 aliphatic rings. The van der Waals surface area contributed by atoms with Gasteiger partial charge in [-0.25, -0.2) is 4.79 Å².